The number of likely N-dealkylation sites (tertiary alicyclic amines) is 1. The maximum absolute atomic E-state index is 3.44. The van der Waals surface area contributed by atoms with Gasteiger partial charge in [-0.15, -0.1) is 0 Å². The summed E-state index contributed by atoms with van der Waals surface area (Å²) in [5.74, 6) is 1.01. The molecule has 0 spiro atoms. The van der Waals surface area contributed by atoms with Crippen LogP contribution in [-0.2, 0) is 0 Å². The molecule has 0 saturated carbocycles. The van der Waals surface area contributed by atoms with Crippen LogP contribution in [0.25, 0.3) is 0 Å². The van der Waals surface area contributed by atoms with Crippen molar-refractivity contribution >= 4 is 0 Å². The summed E-state index contributed by atoms with van der Waals surface area (Å²) >= 11 is 0. The van der Waals surface area contributed by atoms with Crippen LogP contribution in [0, 0.1) is 5.92 Å². The van der Waals surface area contributed by atoms with E-state index >= 15 is 0 Å². The van der Waals surface area contributed by atoms with E-state index in [1.165, 1.54) is 26.1 Å². The molecule has 0 aromatic heterocycles. The Morgan fingerprint density at radius 2 is 2.44 bits per heavy atom. The Labute approximate surface area is 56.2 Å². The molecule has 0 amide bonds. The molecule has 1 N–H and O–H groups in total. The van der Waals surface area contributed by atoms with Crippen LogP contribution >= 0.6 is 0 Å². The first kappa shape index (κ1) is 5.69. The van der Waals surface area contributed by atoms with E-state index in [2.05, 4.69) is 17.3 Å². The van der Waals surface area contributed by atoms with Crippen LogP contribution in [0.4, 0.5) is 0 Å². The fourth-order valence-corrected chi connectivity index (χ4v) is 1.78. The zero-order valence-electron chi connectivity index (χ0n) is 5.93. The maximum atomic E-state index is 3.44. The number of rotatable bonds is 0. The van der Waals surface area contributed by atoms with E-state index in [4.69, 9.17) is 0 Å². The van der Waals surface area contributed by atoms with Gasteiger partial charge in [-0.3, -0.25) is 0 Å². The largest absolute Gasteiger partial charge is 0.312 e. The van der Waals surface area contributed by atoms with Crippen molar-refractivity contribution in [1.29, 1.82) is 0 Å². The first-order valence-corrected chi connectivity index (χ1v) is 3.78. The monoisotopic (exact) mass is 126 g/mol. The number of hydrogen-bond acceptors (Lipinski definition) is 2. The van der Waals surface area contributed by atoms with Crippen LogP contribution in [-0.4, -0.2) is 37.6 Å². The normalized spacial score (nSPS) is 43.7. The first-order valence-electron chi connectivity index (χ1n) is 3.78. The highest BCUT2D eigenvalue weighted by Crippen LogP contribution is 2.22. The van der Waals surface area contributed by atoms with E-state index in [1.807, 2.05) is 0 Å². The van der Waals surface area contributed by atoms with Crippen LogP contribution < -0.4 is 5.32 Å². The average molecular weight is 126 g/mol. The lowest BCUT2D eigenvalue weighted by Crippen LogP contribution is -2.61. The molecule has 2 nitrogen and oxygen atoms in total. The van der Waals surface area contributed by atoms with E-state index in [0.29, 0.717) is 0 Å². The molecule has 2 atom stereocenters. The lowest BCUT2D eigenvalue weighted by Gasteiger charge is -2.45. The van der Waals surface area contributed by atoms with E-state index < -0.39 is 0 Å². The second-order valence-electron chi connectivity index (χ2n) is 3.33. The lowest BCUT2D eigenvalue weighted by atomic mass is 9.85. The van der Waals surface area contributed by atoms with Gasteiger partial charge in [0.05, 0.1) is 0 Å². The van der Waals surface area contributed by atoms with E-state index in [-0.39, 0.29) is 0 Å². The van der Waals surface area contributed by atoms with Crippen LogP contribution in [0.1, 0.15) is 6.42 Å². The van der Waals surface area contributed by atoms with Gasteiger partial charge in [-0.05, 0) is 32.5 Å². The molecule has 0 aliphatic carbocycles. The summed E-state index contributed by atoms with van der Waals surface area (Å²) in [6.45, 7) is 3.85. The first-order chi connectivity index (χ1) is 4.36. The van der Waals surface area contributed by atoms with Gasteiger partial charge in [0.2, 0.25) is 0 Å². The van der Waals surface area contributed by atoms with Gasteiger partial charge in [-0.2, -0.15) is 0 Å². The number of hydrogen-bond donors (Lipinski definition) is 1. The third-order valence-corrected chi connectivity index (χ3v) is 2.60. The highest BCUT2D eigenvalue weighted by Gasteiger charge is 2.33. The highest BCUT2D eigenvalue weighted by molar-refractivity contribution is 4.93. The number of nitrogens with one attached hydrogen (secondary N) is 1. The van der Waals surface area contributed by atoms with Crippen molar-refractivity contribution in [3.05, 3.63) is 0 Å². The van der Waals surface area contributed by atoms with Crippen molar-refractivity contribution in [2.45, 2.75) is 12.5 Å². The third-order valence-electron chi connectivity index (χ3n) is 2.60. The molecule has 52 valence electrons. The number of likely N-dealkylation sites (N-methyl/N-ethyl adjacent to an activating group) is 1. The molecule has 9 heavy (non-hydrogen) atoms. The number of piperidine rings is 1. The molecule has 2 heteroatoms. The molecule has 2 heterocycles. The predicted molar refractivity (Wildman–Crippen MR) is 37.4 cm³/mol. The smallest absolute Gasteiger partial charge is 0.0235 e. The minimum absolute atomic E-state index is 0.837. The lowest BCUT2D eigenvalue weighted by molar-refractivity contribution is 0.103. The van der Waals surface area contributed by atoms with Crippen LogP contribution in [0.5, 0.6) is 0 Å². The molecule has 2 rings (SSSR count). The Morgan fingerprint density at radius 1 is 1.56 bits per heavy atom. The molecule has 0 unspecified atom stereocenters. The molecule has 2 fully saturated rings. The Morgan fingerprint density at radius 3 is 2.89 bits per heavy atom. The van der Waals surface area contributed by atoms with E-state index in [0.717, 1.165) is 12.0 Å². The predicted octanol–water partition coefficient (Wildman–Crippen LogP) is -0.0901. The zero-order chi connectivity index (χ0) is 6.27. The topological polar surface area (TPSA) is 15.3 Å². The van der Waals surface area contributed by atoms with E-state index in [9.17, 15) is 0 Å². The standard InChI is InChI=1S/C7H14N2/c1-9-3-2-6-4-8-7(6)5-9/h6-8H,2-5H2,1H3/t6-,7-/m0/s1. The minimum atomic E-state index is 0.837. The SMILES string of the molecule is CN1CC[C@H]2CN[C@H]2C1. The molecule has 0 radical (unpaired) electrons. The minimum Gasteiger partial charge on any atom is -0.312 e. The molecular weight excluding hydrogens is 112 g/mol. The summed E-state index contributed by atoms with van der Waals surface area (Å²) in [6, 6.07) is 0.837. The zero-order valence-corrected chi connectivity index (χ0v) is 5.93. The Bertz CT molecular complexity index is 113. The summed E-state index contributed by atoms with van der Waals surface area (Å²) in [5, 5.41) is 3.44. The summed E-state index contributed by atoms with van der Waals surface area (Å²) < 4.78 is 0. The van der Waals surface area contributed by atoms with Crippen molar-refractivity contribution in [2.24, 2.45) is 5.92 Å². The second kappa shape index (κ2) is 1.96. The molecule has 0 bridgehead atoms. The Kier molecular flexibility index (Phi) is 1.24. The van der Waals surface area contributed by atoms with Crippen molar-refractivity contribution < 1.29 is 0 Å². The fourth-order valence-electron chi connectivity index (χ4n) is 1.78. The molecular formula is C7H14N2. The van der Waals surface area contributed by atoms with Gasteiger partial charge in [0, 0.05) is 12.6 Å². The van der Waals surface area contributed by atoms with Gasteiger partial charge in [0.25, 0.3) is 0 Å². The third kappa shape index (κ3) is 0.864. The second-order valence-corrected chi connectivity index (χ2v) is 3.33. The van der Waals surface area contributed by atoms with Gasteiger partial charge in [0.1, 0.15) is 0 Å². The van der Waals surface area contributed by atoms with Crippen molar-refractivity contribution in [3.8, 4) is 0 Å². The van der Waals surface area contributed by atoms with Gasteiger partial charge in [0.15, 0.2) is 0 Å². The number of fused-ring (bicyclic) bond motifs is 1. The van der Waals surface area contributed by atoms with Crippen molar-refractivity contribution in [3.63, 3.8) is 0 Å². The molecule has 2 aliphatic rings. The number of nitrogens with zero attached hydrogens (tertiary/aromatic N) is 1. The van der Waals surface area contributed by atoms with Crippen LogP contribution in [0.2, 0.25) is 0 Å². The van der Waals surface area contributed by atoms with Gasteiger partial charge in [-0.25, -0.2) is 0 Å². The Balaban J connectivity index is 1.92. The highest BCUT2D eigenvalue weighted by atomic mass is 15.2. The molecule has 0 aromatic rings. The molecule has 2 aliphatic heterocycles. The van der Waals surface area contributed by atoms with Crippen LogP contribution in [0.15, 0.2) is 0 Å². The quantitative estimate of drug-likeness (QED) is 0.488. The summed E-state index contributed by atoms with van der Waals surface area (Å²) in [6.07, 6.45) is 1.41. The van der Waals surface area contributed by atoms with Gasteiger partial charge < -0.3 is 10.2 Å². The van der Waals surface area contributed by atoms with Gasteiger partial charge in [-0.1, -0.05) is 0 Å². The average Bonchev–Trinajstić information content (AvgIpc) is 1.78. The van der Waals surface area contributed by atoms with E-state index in [1.54, 1.807) is 0 Å². The summed E-state index contributed by atoms with van der Waals surface area (Å²) in [5.41, 5.74) is 0. The molecule has 0 aromatic carbocycles. The van der Waals surface area contributed by atoms with Crippen molar-refractivity contribution in [1.82, 2.24) is 10.2 Å². The summed E-state index contributed by atoms with van der Waals surface area (Å²) in [7, 11) is 2.20. The fraction of sp³-hybridized carbons (Fsp3) is 1.00. The van der Waals surface area contributed by atoms with Crippen LogP contribution in [0.3, 0.4) is 0 Å². The van der Waals surface area contributed by atoms with Crippen molar-refractivity contribution in [2.75, 3.05) is 26.7 Å². The Hall–Kier alpha value is -0.0800. The maximum Gasteiger partial charge on any atom is 0.0235 e. The summed E-state index contributed by atoms with van der Waals surface area (Å²) in [4.78, 5) is 2.41. The molecule has 2 saturated heterocycles. The van der Waals surface area contributed by atoms with Gasteiger partial charge >= 0.3 is 0 Å².